The SMILES string of the molecule is O=C(c1ccc(C(=O)O)c(C(=O)O)c1)c1ccc(C(=O)O)c(C(=O)O)c1.[Na].[Na].[Na].[Na]. The molecule has 0 heterocycles. The van der Waals surface area contributed by atoms with E-state index in [-0.39, 0.29) is 129 Å². The van der Waals surface area contributed by atoms with Gasteiger partial charge in [-0.3, -0.25) is 4.79 Å². The minimum atomic E-state index is -1.55. The average molecular weight is 450 g/mol. The maximum Gasteiger partial charge on any atom is 0.336 e. The Hall–Kier alpha value is -0.01000. The van der Waals surface area contributed by atoms with Gasteiger partial charge in [0.1, 0.15) is 0 Å². The summed E-state index contributed by atoms with van der Waals surface area (Å²) in [4.78, 5) is 56.9. The van der Waals surface area contributed by atoms with Crippen molar-refractivity contribution in [3.63, 3.8) is 0 Å². The third kappa shape index (κ3) is 8.16. The van der Waals surface area contributed by atoms with Gasteiger partial charge >= 0.3 is 23.9 Å². The van der Waals surface area contributed by atoms with Crippen molar-refractivity contribution >= 4 is 148 Å². The van der Waals surface area contributed by atoms with Gasteiger partial charge in [-0.1, -0.05) is 12.1 Å². The summed E-state index contributed by atoms with van der Waals surface area (Å²) in [5.41, 5.74) is -2.62. The summed E-state index contributed by atoms with van der Waals surface area (Å²) in [5.74, 6) is -6.86. The van der Waals surface area contributed by atoms with Crippen molar-refractivity contribution < 1.29 is 44.4 Å². The molecule has 0 aromatic heterocycles. The van der Waals surface area contributed by atoms with Crippen molar-refractivity contribution in [2.45, 2.75) is 0 Å². The van der Waals surface area contributed by atoms with Crippen molar-refractivity contribution in [3.05, 3.63) is 69.8 Å². The van der Waals surface area contributed by atoms with Gasteiger partial charge in [-0.05, 0) is 24.3 Å². The van der Waals surface area contributed by atoms with Crippen LogP contribution in [-0.2, 0) is 0 Å². The number of rotatable bonds is 6. The van der Waals surface area contributed by atoms with Crippen LogP contribution in [0.25, 0.3) is 0 Å². The zero-order chi connectivity index (χ0) is 19.6. The van der Waals surface area contributed by atoms with E-state index in [1.807, 2.05) is 0 Å². The van der Waals surface area contributed by atoms with Gasteiger partial charge in [0.15, 0.2) is 5.78 Å². The largest absolute Gasteiger partial charge is 0.478 e. The van der Waals surface area contributed by atoms with Crippen LogP contribution in [0, 0.1) is 0 Å². The molecule has 2 rings (SSSR count). The fraction of sp³-hybridized carbons (Fsp3) is 0. The van der Waals surface area contributed by atoms with Crippen LogP contribution in [0.4, 0.5) is 0 Å². The second kappa shape index (κ2) is 14.9. The molecule has 2 aromatic rings. The standard InChI is InChI=1S/C17H10O9.4Na/c18-13(7-1-3-9(14(19)20)11(5-7)16(23)24)8-2-4-10(15(21)22)12(6-8)17(25)26;;;;/h1-6H,(H,19,20)(H,21,22)(H,23,24)(H,25,26);;;;. The molecule has 0 aliphatic heterocycles. The van der Waals surface area contributed by atoms with Gasteiger partial charge in [-0.15, -0.1) is 0 Å². The Bertz CT molecular complexity index is 912. The molecular formula is C17H10Na4O9. The van der Waals surface area contributed by atoms with Gasteiger partial charge in [0, 0.05) is 129 Å². The van der Waals surface area contributed by atoms with Crippen LogP contribution in [0.1, 0.15) is 57.4 Å². The summed E-state index contributed by atoms with van der Waals surface area (Å²) in [7, 11) is 0. The number of carbonyl (C=O) groups excluding carboxylic acids is 1. The molecule has 2 aromatic carbocycles. The van der Waals surface area contributed by atoms with Crippen molar-refractivity contribution in [1.82, 2.24) is 0 Å². The fourth-order valence-electron chi connectivity index (χ4n) is 2.26. The topological polar surface area (TPSA) is 166 Å². The summed E-state index contributed by atoms with van der Waals surface area (Å²) < 4.78 is 0. The summed E-state index contributed by atoms with van der Waals surface area (Å²) in [5, 5.41) is 36.1. The van der Waals surface area contributed by atoms with Gasteiger partial charge in [0.2, 0.25) is 0 Å². The van der Waals surface area contributed by atoms with Crippen LogP contribution in [0.3, 0.4) is 0 Å². The maximum atomic E-state index is 12.5. The zero-order valence-electron chi connectivity index (χ0n) is 16.8. The van der Waals surface area contributed by atoms with E-state index < -0.39 is 51.9 Å². The van der Waals surface area contributed by atoms with E-state index >= 15 is 0 Å². The number of ketones is 1. The summed E-state index contributed by atoms with van der Waals surface area (Å²) in [6, 6.07) is 5.79. The molecule has 30 heavy (non-hydrogen) atoms. The number of hydrogen-bond donors (Lipinski definition) is 4. The minimum Gasteiger partial charge on any atom is -0.478 e. The third-order valence-corrected chi connectivity index (χ3v) is 3.49. The first-order chi connectivity index (χ1) is 12.1. The summed E-state index contributed by atoms with van der Waals surface area (Å²) in [6.45, 7) is 0. The number of hydrogen-bond acceptors (Lipinski definition) is 5. The van der Waals surface area contributed by atoms with E-state index in [2.05, 4.69) is 0 Å². The molecule has 0 atom stereocenters. The number of carbonyl (C=O) groups is 5. The van der Waals surface area contributed by atoms with Crippen LogP contribution in [0.15, 0.2) is 36.4 Å². The van der Waals surface area contributed by atoms with Crippen molar-refractivity contribution in [2.75, 3.05) is 0 Å². The first-order valence-electron chi connectivity index (χ1n) is 6.89. The predicted molar refractivity (Wildman–Crippen MR) is 107 cm³/mol. The minimum absolute atomic E-state index is 0. The van der Waals surface area contributed by atoms with E-state index in [1.165, 1.54) is 0 Å². The Kier molecular flexibility index (Phi) is 17.2. The maximum absolute atomic E-state index is 12.5. The van der Waals surface area contributed by atoms with E-state index in [4.69, 9.17) is 20.4 Å². The molecule has 4 N–H and O–H groups in total. The number of aromatic carboxylic acids is 4. The zero-order valence-corrected chi connectivity index (χ0v) is 24.8. The normalized spacial score (nSPS) is 8.80. The van der Waals surface area contributed by atoms with Gasteiger partial charge in [-0.25, -0.2) is 19.2 Å². The van der Waals surface area contributed by atoms with Crippen LogP contribution < -0.4 is 0 Å². The fourth-order valence-corrected chi connectivity index (χ4v) is 2.26. The summed E-state index contributed by atoms with van der Waals surface area (Å²) >= 11 is 0. The van der Waals surface area contributed by atoms with E-state index in [0.29, 0.717) is 0 Å². The Morgan fingerprint density at radius 2 is 0.733 bits per heavy atom. The van der Waals surface area contributed by atoms with Gasteiger partial charge in [0.05, 0.1) is 22.3 Å². The third-order valence-electron chi connectivity index (χ3n) is 3.49. The predicted octanol–water partition coefficient (Wildman–Crippen LogP) is 0.187. The molecule has 0 spiro atoms. The van der Waals surface area contributed by atoms with Crippen molar-refractivity contribution in [2.24, 2.45) is 0 Å². The molecule has 0 saturated heterocycles. The molecule has 0 aliphatic carbocycles. The van der Waals surface area contributed by atoms with Crippen LogP contribution in [-0.4, -0.2) is 168 Å². The monoisotopic (exact) mass is 450 g/mol. The summed E-state index contributed by atoms with van der Waals surface area (Å²) in [6.07, 6.45) is 0. The molecule has 0 aliphatic rings. The van der Waals surface area contributed by atoms with E-state index in [9.17, 15) is 24.0 Å². The van der Waals surface area contributed by atoms with E-state index in [0.717, 1.165) is 36.4 Å². The Morgan fingerprint density at radius 1 is 0.467 bits per heavy atom. The molecular weight excluding hydrogens is 440 g/mol. The molecule has 13 heteroatoms. The first-order valence-corrected chi connectivity index (χ1v) is 6.89. The average Bonchev–Trinajstić information content (AvgIpc) is 2.59. The second-order valence-corrected chi connectivity index (χ2v) is 5.07. The van der Waals surface area contributed by atoms with Crippen LogP contribution >= 0.6 is 0 Å². The molecule has 0 fully saturated rings. The Morgan fingerprint density at radius 3 is 0.967 bits per heavy atom. The number of carboxylic acids is 4. The number of benzene rings is 2. The Balaban J connectivity index is -0.00000182. The van der Waals surface area contributed by atoms with Crippen molar-refractivity contribution in [3.8, 4) is 0 Å². The van der Waals surface area contributed by atoms with E-state index in [1.54, 1.807) is 0 Å². The Labute approximate surface area is 258 Å². The molecule has 0 amide bonds. The first kappa shape index (κ1) is 34.6. The molecule has 0 saturated carbocycles. The number of carboxylic acid groups (broad SMARTS) is 4. The smallest absolute Gasteiger partial charge is 0.336 e. The molecule has 0 bridgehead atoms. The van der Waals surface area contributed by atoms with Crippen LogP contribution in [0.2, 0.25) is 0 Å². The van der Waals surface area contributed by atoms with Crippen LogP contribution in [0.5, 0.6) is 0 Å². The molecule has 9 nitrogen and oxygen atoms in total. The molecule has 0 unspecified atom stereocenters. The second-order valence-electron chi connectivity index (χ2n) is 5.07. The quantitative estimate of drug-likeness (QED) is 0.355. The van der Waals surface area contributed by atoms with Gasteiger partial charge in [0.25, 0.3) is 0 Å². The van der Waals surface area contributed by atoms with Gasteiger partial charge < -0.3 is 20.4 Å². The van der Waals surface area contributed by atoms with Crippen molar-refractivity contribution in [1.29, 1.82) is 0 Å². The molecule has 4 radical (unpaired) electrons. The molecule has 136 valence electrons. The van der Waals surface area contributed by atoms with Gasteiger partial charge in [-0.2, -0.15) is 0 Å².